The van der Waals surface area contributed by atoms with Crippen molar-refractivity contribution in [2.24, 2.45) is 0 Å². The summed E-state index contributed by atoms with van der Waals surface area (Å²) in [6.07, 6.45) is 0. The molecule has 1 fully saturated rings. The van der Waals surface area contributed by atoms with E-state index in [0.29, 0.717) is 13.1 Å². The van der Waals surface area contributed by atoms with Crippen molar-refractivity contribution in [2.75, 3.05) is 58.9 Å². The van der Waals surface area contributed by atoms with E-state index in [4.69, 9.17) is 9.47 Å². The zero-order chi connectivity index (χ0) is 19.9. The lowest BCUT2D eigenvalue weighted by atomic mass is 10.2. The number of carbonyl (C=O) groups is 1. The van der Waals surface area contributed by atoms with Crippen molar-refractivity contribution in [3.8, 4) is 11.5 Å². The molecule has 150 valence electrons. The smallest absolute Gasteiger partial charge is 0.277 e. The van der Waals surface area contributed by atoms with Crippen molar-refractivity contribution < 1.29 is 19.2 Å². The van der Waals surface area contributed by atoms with Gasteiger partial charge in [-0.05, 0) is 30.3 Å². The lowest BCUT2D eigenvalue weighted by Gasteiger charge is -2.34. The second-order valence-electron chi connectivity index (χ2n) is 7.17. The van der Waals surface area contributed by atoms with Gasteiger partial charge in [0.15, 0.2) is 6.54 Å². The Hall–Kier alpha value is -2.73. The fourth-order valence-corrected chi connectivity index (χ4v) is 3.58. The van der Waals surface area contributed by atoms with Gasteiger partial charge in [-0.1, -0.05) is 18.2 Å². The van der Waals surface area contributed by atoms with Gasteiger partial charge in [-0.15, -0.1) is 0 Å². The molecule has 28 heavy (non-hydrogen) atoms. The van der Waals surface area contributed by atoms with Crippen molar-refractivity contribution in [3.05, 3.63) is 54.1 Å². The van der Waals surface area contributed by atoms with Crippen LogP contribution in [0.15, 0.2) is 48.5 Å². The summed E-state index contributed by atoms with van der Waals surface area (Å²) in [6, 6.07) is 16.0. The monoisotopic (exact) mass is 384 g/mol. The summed E-state index contributed by atoms with van der Waals surface area (Å²) in [5.74, 6) is 1.86. The molecule has 1 heterocycles. The lowest BCUT2D eigenvalue weighted by Crippen LogP contribution is -3.15. The molecular formula is C22H30N3O3+. The van der Waals surface area contributed by atoms with Crippen molar-refractivity contribution in [2.45, 2.75) is 6.54 Å². The third-order valence-electron chi connectivity index (χ3n) is 5.34. The number of anilines is 1. The number of nitrogens with zero attached hydrogens (tertiary/aromatic N) is 2. The number of rotatable bonds is 7. The highest BCUT2D eigenvalue weighted by Crippen LogP contribution is 2.19. The van der Waals surface area contributed by atoms with Gasteiger partial charge in [-0.25, -0.2) is 0 Å². The van der Waals surface area contributed by atoms with Crippen molar-refractivity contribution >= 4 is 11.6 Å². The first-order valence-corrected chi connectivity index (χ1v) is 9.69. The first-order chi connectivity index (χ1) is 13.6. The maximum Gasteiger partial charge on any atom is 0.277 e. The van der Waals surface area contributed by atoms with Gasteiger partial charge < -0.3 is 24.2 Å². The van der Waals surface area contributed by atoms with Crippen LogP contribution in [0, 0.1) is 0 Å². The predicted molar refractivity (Wildman–Crippen MR) is 110 cm³/mol. The number of para-hydroxylation sites is 1. The summed E-state index contributed by atoms with van der Waals surface area (Å²) >= 11 is 0. The van der Waals surface area contributed by atoms with Crippen molar-refractivity contribution in [1.29, 1.82) is 0 Å². The number of hydrogen-bond donors (Lipinski definition) is 1. The highest BCUT2D eigenvalue weighted by Gasteiger charge is 2.24. The molecule has 0 bridgehead atoms. The maximum atomic E-state index is 12.7. The molecule has 6 heteroatoms. The van der Waals surface area contributed by atoms with Gasteiger partial charge in [0.25, 0.3) is 5.91 Å². The van der Waals surface area contributed by atoms with Gasteiger partial charge in [0, 0.05) is 24.8 Å². The van der Waals surface area contributed by atoms with Crippen LogP contribution in [-0.4, -0.2) is 64.8 Å². The van der Waals surface area contributed by atoms with E-state index in [1.165, 1.54) is 10.6 Å². The predicted octanol–water partition coefficient (Wildman–Crippen LogP) is 1.07. The Bertz CT molecular complexity index is 771. The number of nitrogens with one attached hydrogen (secondary N) is 1. The van der Waals surface area contributed by atoms with Gasteiger partial charge in [-0.2, -0.15) is 0 Å². The zero-order valence-electron chi connectivity index (χ0n) is 17.0. The average molecular weight is 385 g/mol. The van der Waals surface area contributed by atoms with E-state index in [9.17, 15) is 4.79 Å². The summed E-state index contributed by atoms with van der Waals surface area (Å²) in [5, 5.41) is 0. The molecule has 0 radical (unpaired) electrons. The number of ether oxygens (including phenoxy) is 2. The minimum atomic E-state index is 0.166. The number of quaternary nitrogens is 1. The topological polar surface area (TPSA) is 46.5 Å². The quantitative estimate of drug-likeness (QED) is 0.776. The first kappa shape index (κ1) is 20.0. The summed E-state index contributed by atoms with van der Waals surface area (Å²) in [7, 11) is 5.20. The number of amides is 1. The minimum Gasteiger partial charge on any atom is -0.497 e. The minimum absolute atomic E-state index is 0.166. The number of methoxy groups -OCH3 is 2. The fourth-order valence-electron chi connectivity index (χ4n) is 3.58. The molecule has 0 aromatic heterocycles. The molecule has 0 saturated carbocycles. The Morgan fingerprint density at radius 3 is 2.36 bits per heavy atom. The average Bonchev–Trinajstić information content (AvgIpc) is 2.74. The molecule has 1 amide bonds. The number of benzene rings is 2. The maximum absolute atomic E-state index is 12.7. The zero-order valence-corrected chi connectivity index (χ0v) is 17.0. The van der Waals surface area contributed by atoms with Crippen LogP contribution in [0.25, 0.3) is 0 Å². The summed E-state index contributed by atoms with van der Waals surface area (Å²) < 4.78 is 10.6. The van der Waals surface area contributed by atoms with Crippen LogP contribution in [0.3, 0.4) is 0 Å². The van der Waals surface area contributed by atoms with Crippen LogP contribution >= 0.6 is 0 Å². The van der Waals surface area contributed by atoms with Gasteiger partial charge in [-0.3, -0.25) is 4.79 Å². The lowest BCUT2D eigenvalue weighted by molar-refractivity contribution is -0.892. The second-order valence-corrected chi connectivity index (χ2v) is 7.17. The molecule has 1 saturated heterocycles. The molecule has 2 aromatic rings. The Morgan fingerprint density at radius 2 is 1.71 bits per heavy atom. The molecule has 0 spiro atoms. The molecule has 1 aliphatic rings. The number of piperazine rings is 1. The fraction of sp³-hybridized carbons (Fsp3) is 0.409. The van der Waals surface area contributed by atoms with Crippen LogP contribution in [0.1, 0.15) is 5.56 Å². The summed E-state index contributed by atoms with van der Waals surface area (Å²) in [5.41, 5.74) is 2.24. The van der Waals surface area contributed by atoms with Crippen LogP contribution < -0.4 is 19.3 Å². The van der Waals surface area contributed by atoms with E-state index >= 15 is 0 Å². The van der Waals surface area contributed by atoms with Crippen LogP contribution in [0.5, 0.6) is 11.5 Å². The van der Waals surface area contributed by atoms with Crippen molar-refractivity contribution in [1.82, 2.24) is 4.90 Å². The van der Waals surface area contributed by atoms with Gasteiger partial charge in [0.2, 0.25) is 0 Å². The molecule has 1 N–H and O–H groups in total. The third-order valence-corrected chi connectivity index (χ3v) is 5.34. The molecular weight excluding hydrogens is 354 g/mol. The summed E-state index contributed by atoms with van der Waals surface area (Å²) in [6.45, 7) is 4.91. The number of hydrogen-bond acceptors (Lipinski definition) is 4. The Kier molecular flexibility index (Phi) is 6.76. The highest BCUT2D eigenvalue weighted by atomic mass is 16.5. The Labute approximate surface area is 167 Å². The molecule has 0 unspecified atom stereocenters. The standard InChI is InChI=1S/C22H29N3O3/c1-23(16-18-6-4-5-7-21(18)28-3)22(26)17-24-12-14-25(15-13-24)19-8-10-20(27-2)11-9-19/h4-11H,12-17H2,1-3H3/p+1. The van der Waals surface area contributed by atoms with Crippen LogP contribution in [0.2, 0.25) is 0 Å². The largest absolute Gasteiger partial charge is 0.497 e. The molecule has 0 aliphatic carbocycles. The van der Waals surface area contributed by atoms with E-state index in [2.05, 4.69) is 17.0 Å². The molecule has 1 aliphatic heterocycles. The molecule has 6 nitrogen and oxygen atoms in total. The van der Waals surface area contributed by atoms with E-state index < -0.39 is 0 Å². The number of carbonyl (C=O) groups excluding carboxylic acids is 1. The van der Waals surface area contributed by atoms with Crippen LogP contribution in [0.4, 0.5) is 5.69 Å². The van der Waals surface area contributed by atoms with Gasteiger partial charge in [0.1, 0.15) is 11.5 Å². The molecule has 0 atom stereocenters. The highest BCUT2D eigenvalue weighted by molar-refractivity contribution is 5.76. The van der Waals surface area contributed by atoms with E-state index in [1.54, 1.807) is 19.1 Å². The third kappa shape index (κ3) is 4.95. The van der Waals surface area contributed by atoms with Crippen molar-refractivity contribution in [3.63, 3.8) is 0 Å². The van der Waals surface area contributed by atoms with Gasteiger partial charge in [0.05, 0.1) is 40.4 Å². The normalized spacial score (nSPS) is 14.6. The van der Waals surface area contributed by atoms with E-state index in [0.717, 1.165) is 43.2 Å². The SMILES string of the molecule is COc1ccc(N2CC[NH+](CC(=O)N(C)Cc3ccccc3OC)CC2)cc1. The Balaban J connectivity index is 1.48. The second kappa shape index (κ2) is 9.46. The van der Waals surface area contributed by atoms with E-state index in [1.807, 2.05) is 43.4 Å². The van der Waals surface area contributed by atoms with Gasteiger partial charge >= 0.3 is 0 Å². The number of likely N-dealkylation sites (N-methyl/N-ethyl adjacent to an activating group) is 1. The van der Waals surface area contributed by atoms with E-state index in [-0.39, 0.29) is 5.91 Å². The first-order valence-electron chi connectivity index (χ1n) is 9.69. The Morgan fingerprint density at radius 1 is 1.04 bits per heavy atom. The summed E-state index contributed by atoms with van der Waals surface area (Å²) in [4.78, 5) is 18.2. The molecule has 2 aromatic carbocycles. The molecule has 3 rings (SSSR count). The van der Waals surface area contributed by atoms with Crippen LogP contribution in [-0.2, 0) is 11.3 Å².